The van der Waals surface area contributed by atoms with Gasteiger partial charge in [0.2, 0.25) is 5.91 Å². The molecule has 1 atom stereocenters. The van der Waals surface area contributed by atoms with Crippen molar-refractivity contribution in [3.05, 3.63) is 40.4 Å². The van der Waals surface area contributed by atoms with Gasteiger partial charge in [-0.3, -0.25) is 4.79 Å². The summed E-state index contributed by atoms with van der Waals surface area (Å²) in [6.45, 7) is 6.69. The average molecular weight is 361 g/mol. The number of ether oxygens (including phenoxy) is 1. The fourth-order valence-electron chi connectivity index (χ4n) is 3.64. The molecule has 0 saturated carbocycles. The highest BCUT2D eigenvalue weighted by molar-refractivity contribution is 6.30. The molecule has 2 aliphatic heterocycles. The molecular weight excluding hydrogens is 340 g/mol. The summed E-state index contributed by atoms with van der Waals surface area (Å²) in [7, 11) is 0. The first-order valence-electron chi connectivity index (χ1n) is 8.67. The van der Waals surface area contributed by atoms with Crippen molar-refractivity contribution < 1.29 is 9.53 Å². The normalized spacial score (nSPS) is 19.4. The Bertz CT molecular complexity index is 817. The minimum Gasteiger partial charge on any atom is -0.493 e. The summed E-state index contributed by atoms with van der Waals surface area (Å²) in [5.74, 6) is 2.85. The van der Waals surface area contributed by atoms with E-state index in [0.717, 1.165) is 29.5 Å². The van der Waals surface area contributed by atoms with Crippen LogP contribution in [0.3, 0.4) is 0 Å². The van der Waals surface area contributed by atoms with Crippen molar-refractivity contribution in [2.45, 2.75) is 45.2 Å². The van der Waals surface area contributed by atoms with Gasteiger partial charge in [-0.25, -0.2) is 0 Å². The Balaban J connectivity index is 1.58. The molecule has 4 rings (SSSR count). The third-order valence-electron chi connectivity index (χ3n) is 4.92. The number of hydrogen-bond donors (Lipinski definition) is 0. The van der Waals surface area contributed by atoms with Gasteiger partial charge in [-0.2, -0.15) is 0 Å². The molecule has 132 valence electrons. The number of hydrogen-bond acceptors (Lipinski definition) is 4. The number of nitrogens with zero attached hydrogens (tertiary/aromatic N) is 4. The van der Waals surface area contributed by atoms with Crippen LogP contribution in [0.2, 0.25) is 5.02 Å². The van der Waals surface area contributed by atoms with E-state index in [9.17, 15) is 4.79 Å². The number of amides is 1. The molecule has 0 fully saturated rings. The Labute approximate surface area is 151 Å². The van der Waals surface area contributed by atoms with Gasteiger partial charge in [0.05, 0.1) is 19.1 Å². The lowest BCUT2D eigenvalue weighted by molar-refractivity contribution is -0.135. The minimum absolute atomic E-state index is 0.118. The monoisotopic (exact) mass is 360 g/mol. The molecule has 1 amide bonds. The largest absolute Gasteiger partial charge is 0.493 e. The lowest BCUT2D eigenvalue weighted by atomic mass is 9.91. The summed E-state index contributed by atoms with van der Waals surface area (Å²) < 4.78 is 7.82. The lowest BCUT2D eigenvalue weighted by Crippen LogP contribution is -2.42. The fraction of sp³-hybridized carbons (Fsp3) is 0.500. The van der Waals surface area contributed by atoms with Gasteiger partial charge in [0.25, 0.3) is 0 Å². The number of carbonyl (C=O) groups excluding carboxylic acids is 1. The second kappa shape index (κ2) is 6.33. The third-order valence-corrected chi connectivity index (χ3v) is 5.15. The first kappa shape index (κ1) is 16.4. The Kier molecular flexibility index (Phi) is 4.15. The zero-order chi connectivity index (χ0) is 17.6. The second-order valence-electron chi connectivity index (χ2n) is 6.91. The van der Waals surface area contributed by atoms with Crippen LogP contribution in [0.4, 0.5) is 0 Å². The molecule has 1 aromatic heterocycles. The van der Waals surface area contributed by atoms with Crippen molar-refractivity contribution in [2.24, 2.45) is 0 Å². The number of halogens is 1. The molecule has 0 aliphatic carbocycles. The van der Waals surface area contributed by atoms with Gasteiger partial charge in [-0.05, 0) is 24.6 Å². The molecule has 0 radical (unpaired) electrons. The maximum absolute atomic E-state index is 13.1. The van der Waals surface area contributed by atoms with Crippen molar-refractivity contribution in [3.8, 4) is 5.75 Å². The summed E-state index contributed by atoms with van der Waals surface area (Å²) in [6, 6.07) is 5.49. The summed E-state index contributed by atoms with van der Waals surface area (Å²) in [5.41, 5.74) is 0.888. The van der Waals surface area contributed by atoms with E-state index in [1.54, 1.807) is 6.07 Å². The van der Waals surface area contributed by atoms with Crippen LogP contribution < -0.4 is 4.74 Å². The highest BCUT2D eigenvalue weighted by atomic mass is 35.5. The standard InChI is InChI=1S/C18H21ClN4O2/c1-11(2)17-21-20-16-10-22(6-7-23(16)17)18(24)13-5-8-25-15-4-3-12(19)9-14(13)15/h3-4,9,11,13H,5-8,10H2,1-2H3. The van der Waals surface area contributed by atoms with Crippen LogP contribution in [0.5, 0.6) is 5.75 Å². The topological polar surface area (TPSA) is 60.2 Å². The van der Waals surface area contributed by atoms with Crippen molar-refractivity contribution >= 4 is 17.5 Å². The average Bonchev–Trinajstić information content (AvgIpc) is 3.04. The zero-order valence-corrected chi connectivity index (χ0v) is 15.2. The maximum Gasteiger partial charge on any atom is 0.230 e. The molecule has 2 aliphatic rings. The molecule has 0 N–H and O–H groups in total. The van der Waals surface area contributed by atoms with Crippen LogP contribution in [0.25, 0.3) is 0 Å². The van der Waals surface area contributed by atoms with Crippen LogP contribution in [0.1, 0.15) is 49.3 Å². The van der Waals surface area contributed by atoms with E-state index in [-0.39, 0.29) is 11.8 Å². The molecule has 25 heavy (non-hydrogen) atoms. The first-order valence-corrected chi connectivity index (χ1v) is 9.05. The van der Waals surface area contributed by atoms with Gasteiger partial charge in [0.15, 0.2) is 5.82 Å². The van der Waals surface area contributed by atoms with Crippen LogP contribution in [0, 0.1) is 0 Å². The molecule has 3 heterocycles. The Morgan fingerprint density at radius 2 is 2.16 bits per heavy atom. The number of rotatable bonds is 2. The predicted octanol–water partition coefficient (Wildman–Crippen LogP) is 2.96. The molecule has 1 aromatic carbocycles. The molecule has 2 aromatic rings. The SMILES string of the molecule is CC(C)c1nnc2n1CCN(C(=O)C1CCOc3ccc(Cl)cc31)C2. The van der Waals surface area contributed by atoms with E-state index < -0.39 is 0 Å². The van der Waals surface area contributed by atoms with E-state index in [2.05, 4.69) is 28.6 Å². The van der Waals surface area contributed by atoms with Gasteiger partial charge < -0.3 is 14.2 Å². The van der Waals surface area contributed by atoms with Gasteiger partial charge >= 0.3 is 0 Å². The molecule has 0 spiro atoms. The predicted molar refractivity (Wildman–Crippen MR) is 93.8 cm³/mol. The van der Waals surface area contributed by atoms with Crippen molar-refractivity contribution in [1.29, 1.82) is 0 Å². The van der Waals surface area contributed by atoms with Crippen molar-refractivity contribution in [3.63, 3.8) is 0 Å². The second-order valence-corrected chi connectivity index (χ2v) is 7.35. The van der Waals surface area contributed by atoms with Crippen molar-refractivity contribution in [2.75, 3.05) is 13.2 Å². The highest BCUT2D eigenvalue weighted by Gasteiger charge is 2.34. The van der Waals surface area contributed by atoms with E-state index in [4.69, 9.17) is 16.3 Å². The van der Waals surface area contributed by atoms with Gasteiger partial charge in [0, 0.05) is 29.6 Å². The molecule has 6 nitrogen and oxygen atoms in total. The quantitative estimate of drug-likeness (QED) is 0.826. The Morgan fingerprint density at radius 1 is 1.32 bits per heavy atom. The first-order chi connectivity index (χ1) is 12.0. The molecular formula is C18H21ClN4O2. The molecule has 0 saturated heterocycles. The van der Waals surface area contributed by atoms with E-state index in [0.29, 0.717) is 37.1 Å². The summed E-state index contributed by atoms with van der Waals surface area (Å²) in [5, 5.41) is 9.20. The molecule has 1 unspecified atom stereocenters. The molecule has 0 bridgehead atoms. The van der Waals surface area contributed by atoms with E-state index >= 15 is 0 Å². The minimum atomic E-state index is -0.207. The Hall–Kier alpha value is -2.08. The lowest BCUT2D eigenvalue weighted by Gasteiger charge is -2.33. The number of fused-ring (bicyclic) bond motifs is 2. The molecule has 7 heteroatoms. The highest BCUT2D eigenvalue weighted by Crippen LogP contribution is 2.37. The third kappa shape index (κ3) is 2.88. The summed E-state index contributed by atoms with van der Waals surface area (Å²) in [6.07, 6.45) is 0.673. The van der Waals surface area contributed by atoms with Crippen LogP contribution >= 0.6 is 11.6 Å². The number of carbonyl (C=O) groups is 1. The summed E-state index contributed by atoms with van der Waals surface area (Å²) in [4.78, 5) is 15.0. The van der Waals surface area contributed by atoms with Gasteiger partial charge in [0.1, 0.15) is 11.6 Å². The van der Waals surface area contributed by atoms with Crippen LogP contribution in [-0.2, 0) is 17.9 Å². The van der Waals surface area contributed by atoms with E-state index in [1.165, 1.54) is 0 Å². The number of aromatic nitrogens is 3. The van der Waals surface area contributed by atoms with Crippen LogP contribution in [0.15, 0.2) is 18.2 Å². The van der Waals surface area contributed by atoms with Gasteiger partial charge in [-0.1, -0.05) is 25.4 Å². The smallest absolute Gasteiger partial charge is 0.230 e. The van der Waals surface area contributed by atoms with Gasteiger partial charge in [-0.15, -0.1) is 10.2 Å². The zero-order valence-electron chi connectivity index (χ0n) is 14.4. The van der Waals surface area contributed by atoms with Crippen molar-refractivity contribution in [1.82, 2.24) is 19.7 Å². The summed E-state index contributed by atoms with van der Waals surface area (Å²) >= 11 is 6.13. The number of benzene rings is 1. The fourth-order valence-corrected chi connectivity index (χ4v) is 3.82. The Morgan fingerprint density at radius 3 is 2.96 bits per heavy atom. The van der Waals surface area contributed by atoms with E-state index in [1.807, 2.05) is 17.0 Å². The van der Waals surface area contributed by atoms with Crippen LogP contribution in [-0.4, -0.2) is 38.7 Å². The maximum atomic E-state index is 13.1.